The molecule has 27 heavy (non-hydrogen) atoms. The Hall–Kier alpha value is -2.71. The largest absolute Gasteiger partial charge is 0.497 e. The molecule has 1 amide bonds. The molecule has 0 aliphatic rings. The first-order chi connectivity index (χ1) is 13.1. The number of benzene rings is 1. The fourth-order valence-electron chi connectivity index (χ4n) is 2.29. The second kappa shape index (κ2) is 9.29. The Kier molecular flexibility index (Phi) is 6.56. The highest BCUT2D eigenvalue weighted by atomic mass is 32.1. The quantitative estimate of drug-likeness (QED) is 0.585. The van der Waals surface area contributed by atoms with Crippen molar-refractivity contribution in [3.8, 4) is 16.3 Å². The number of aromatic nitrogens is 1. The van der Waals surface area contributed by atoms with Gasteiger partial charge in [-0.25, -0.2) is 4.98 Å². The maximum Gasteiger partial charge on any atom is 0.312 e. The van der Waals surface area contributed by atoms with Crippen molar-refractivity contribution in [2.75, 3.05) is 13.7 Å². The third-order valence-corrected chi connectivity index (χ3v) is 5.26. The molecule has 1 aromatic carbocycles. The highest BCUT2D eigenvalue weighted by Crippen LogP contribution is 2.25. The summed E-state index contributed by atoms with van der Waals surface area (Å²) in [5.74, 6) is -0.115. The van der Waals surface area contributed by atoms with Crippen LogP contribution in [-0.2, 0) is 27.3 Å². The van der Waals surface area contributed by atoms with Crippen molar-refractivity contribution >= 4 is 34.6 Å². The number of nitrogens with one attached hydrogen (secondary N) is 1. The van der Waals surface area contributed by atoms with Gasteiger partial charge in [-0.05, 0) is 29.1 Å². The first kappa shape index (κ1) is 19.1. The predicted octanol–water partition coefficient (Wildman–Crippen LogP) is 3.28. The summed E-state index contributed by atoms with van der Waals surface area (Å²) in [6.07, 6.45) is 0.0454. The zero-order valence-corrected chi connectivity index (χ0v) is 16.3. The fourth-order valence-corrected chi connectivity index (χ4v) is 3.82. The molecule has 1 N–H and O–H groups in total. The molecule has 0 fully saturated rings. The lowest BCUT2D eigenvalue weighted by molar-refractivity contribution is -0.147. The predicted molar refractivity (Wildman–Crippen MR) is 105 cm³/mol. The minimum Gasteiger partial charge on any atom is -0.497 e. The number of hydrogen-bond acceptors (Lipinski definition) is 7. The van der Waals surface area contributed by atoms with Crippen LogP contribution in [0.2, 0.25) is 0 Å². The van der Waals surface area contributed by atoms with E-state index in [1.165, 1.54) is 11.3 Å². The van der Waals surface area contributed by atoms with Crippen molar-refractivity contribution in [2.45, 2.75) is 13.0 Å². The smallest absolute Gasteiger partial charge is 0.312 e. The summed E-state index contributed by atoms with van der Waals surface area (Å²) in [6.45, 7) is 0.0218. The van der Waals surface area contributed by atoms with Crippen LogP contribution in [0.25, 0.3) is 10.6 Å². The SMILES string of the molecule is COc1cccc(CNC(=O)COC(=O)Cc2csc(-c3ccsc3)n2)c1. The number of amides is 1. The zero-order valence-electron chi connectivity index (χ0n) is 14.6. The molecule has 0 bridgehead atoms. The van der Waals surface area contributed by atoms with E-state index < -0.39 is 5.97 Å². The lowest BCUT2D eigenvalue weighted by Crippen LogP contribution is -2.28. The number of rotatable bonds is 8. The molecule has 2 heterocycles. The van der Waals surface area contributed by atoms with Gasteiger partial charge in [-0.2, -0.15) is 11.3 Å². The monoisotopic (exact) mass is 402 g/mol. The molecule has 8 heteroatoms. The second-order valence-corrected chi connectivity index (χ2v) is 7.26. The Morgan fingerprint density at radius 1 is 1.22 bits per heavy atom. The molecule has 0 unspecified atom stereocenters. The van der Waals surface area contributed by atoms with Gasteiger partial charge in [0.2, 0.25) is 0 Å². The van der Waals surface area contributed by atoms with Gasteiger partial charge < -0.3 is 14.8 Å². The van der Waals surface area contributed by atoms with Crippen LogP contribution in [0.1, 0.15) is 11.3 Å². The number of carbonyl (C=O) groups excluding carboxylic acids is 2. The lowest BCUT2D eigenvalue weighted by atomic mass is 10.2. The third-order valence-electron chi connectivity index (χ3n) is 3.63. The second-order valence-electron chi connectivity index (χ2n) is 5.62. The highest BCUT2D eigenvalue weighted by molar-refractivity contribution is 7.14. The van der Waals surface area contributed by atoms with Crippen molar-refractivity contribution < 1.29 is 19.1 Å². The number of nitrogens with zero attached hydrogens (tertiary/aromatic N) is 1. The molecule has 6 nitrogen and oxygen atoms in total. The molecule has 2 aromatic heterocycles. The fraction of sp³-hybridized carbons (Fsp3) is 0.211. The van der Waals surface area contributed by atoms with Crippen molar-refractivity contribution in [1.82, 2.24) is 10.3 Å². The molecular weight excluding hydrogens is 384 g/mol. The van der Waals surface area contributed by atoms with Crippen molar-refractivity contribution in [1.29, 1.82) is 0 Å². The van der Waals surface area contributed by atoms with Crippen molar-refractivity contribution in [3.63, 3.8) is 0 Å². The van der Waals surface area contributed by atoms with E-state index in [1.54, 1.807) is 18.4 Å². The van der Waals surface area contributed by atoms with Crippen LogP contribution in [0, 0.1) is 0 Å². The van der Waals surface area contributed by atoms with Crippen LogP contribution in [0.4, 0.5) is 0 Å². The average Bonchev–Trinajstić information content (AvgIpc) is 3.36. The molecule has 140 valence electrons. The van der Waals surface area contributed by atoms with Crippen LogP contribution in [-0.4, -0.2) is 30.6 Å². The summed E-state index contributed by atoms with van der Waals surface area (Å²) in [7, 11) is 1.59. The number of ether oxygens (including phenoxy) is 2. The van der Waals surface area contributed by atoms with E-state index in [0.717, 1.165) is 21.9 Å². The minimum absolute atomic E-state index is 0.0454. The first-order valence-corrected chi connectivity index (χ1v) is 9.98. The van der Waals surface area contributed by atoms with E-state index in [4.69, 9.17) is 9.47 Å². The molecule has 3 rings (SSSR count). The molecule has 0 aliphatic carbocycles. The number of methoxy groups -OCH3 is 1. The molecule has 3 aromatic rings. The third kappa shape index (κ3) is 5.63. The molecule has 0 atom stereocenters. The summed E-state index contributed by atoms with van der Waals surface area (Å²) >= 11 is 3.08. The van der Waals surface area contributed by atoms with Crippen LogP contribution in [0.5, 0.6) is 5.75 Å². The number of esters is 1. The Labute approximate surface area is 164 Å². The van der Waals surface area contributed by atoms with Gasteiger partial charge in [0, 0.05) is 22.9 Å². The first-order valence-electron chi connectivity index (χ1n) is 8.16. The van der Waals surface area contributed by atoms with Gasteiger partial charge in [0.05, 0.1) is 19.2 Å². The molecule has 0 saturated carbocycles. The number of hydrogen-bond donors (Lipinski definition) is 1. The van der Waals surface area contributed by atoms with E-state index in [-0.39, 0.29) is 18.9 Å². The molecule has 0 aliphatic heterocycles. The molecular formula is C19H18N2O4S2. The summed E-state index contributed by atoms with van der Waals surface area (Å²) in [5.41, 5.74) is 2.59. The normalized spacial score (nSPS) is 10.4. The number of carbonyl (C=O) groups is 2. The average molecular weight is 402 g/mol. The van der Waals surface area contributed by atoms with E-state index >= 15 is 0 Å². The Balaban J connectivity index is 1.41. The summed E-state index contributed by atoms with van der Waals surface area (Å²) in [4.78, 5) is 28.2. The zero-order chi connectivity index (χ0) is 19.1. The summed E-state index contributed by atoms with van der Waals surface area (Å²) < 4.78 is 10.2. The van der Waals surface area contributed by atoms with Crippen LogP contribution >= 0.6 is 22.7 Å². The summed E-state index contributed by atoms with van der Waals surface area (Å²) in [5, 5.41) is 9.40. The lowest BCUT2D eigenvalue weighted by Gasteiger charge is -2.07. The standard InChI is InChI=1S/C19H18N2O4S2/c1-24-16-4-2-3-13(7-16)9-20-17(22)10-25-18(23)8-15-12-27-19(21-15)14-5-6-26-11-14/h2-7,11-12H,8-10H2,1H3,(H,20,22). The maximum absolute atomic E-state index is 11.9. The topological polar surface area (TPSA) is 77.5 Å². The van der Waals surface area contributed by atoms with E-state index in [2.05, 4.69) is 10.3 Å². The Morgan fingerprint density at radius 3 is 2.89 bits per heavy atom. The van der Waals surface area contributed by atoms with Gasteiger partial charge in [0.1, 0.15) is 10.8 Å². The Morgan fingerprint density at radius 2 is 2.11 bits per heavy atom. The van der Waals surface area contributed by atoms with Gasteiger partial charge in [0.25, 0.3) is 5.91 Å². The van der Waals surface area contributed by atoms with Crippen LogP contribution in [0.15, 0.2) is 46.5 Å². The number of thiazole rings is 1. The van der Waals surface area contributed by atoms with E-state index in [9.17, 15) is 9.59 Å². The van der Waals surface area contributed by atoms with Crippen molar-refractivity contribution in [2.24, 2.45) is 0 Å². The van der Waals surface area contributed by atoms with Gasteiger partial charge in [-0.15, -0.1) is 11.3 Å². The molecule has 0 radical (unpaired) electrons. The van der Waals surface area contributed by atoms with E-state index in [0.29, 0.717) is 12.2 Å². The molecule has 0 spiro atoms. The van der Waals surface area contributed by atoms with Crippen molar-refractivity contribution in [3.05, 3.63) is 57.7 Å². The molecule has 0 saturated heterocycles. The van der Waals surface area contributed by atoms with Crippen LogP contribution in [0.3, 0.4) is 0 Å². The maximum atomic E-state index is 11.9. The van der Waals surface area contributed by atoms with E-state index in [1.807, 2.05) is 46.5 Å². The Bertz CT molecular complexity index is 906. The summed E-state index contributed by atoms with van der Waals surface area (Å²) in [6, 6.07) is 9.37. The van der Waals surface area contributed by atoms with Gasteiger partial charge in [0.15, 0.2) is 6.61 Å². The van der Waals surface area contributed by atoms with Gasteiger partial charge >= 0.3 is 5.97 Å². The highest BCUT2D eigenvalue weighted by Gasteiger charge is 2.12. The van der Waals surface area contributed by atoms with Gasteiger partial charge in [-0.3, -0.25) is 9.59 Å². The minimum atomic E-state index is -0.478. The van der Waals surface area contributed by atoms with Gasteiger partial charge in [-0.1, -0.05) is 12.1 Å². The van der Waals surface area contributed by atoms with Crippen LogP contribution < -0.4 is 10.1 Å². The number of thiophene rings is 1.